The smallest absolute Gasteiger partial charge is 0.119 e. The maximum atomic E-state index is 10.0. The largest absolute Gasteiger partial charge is 0.508 e. The summed E-state index contributed by atoms with van der Waals surface area (Å²) in [6.45, 7) is 10.4. The van der Waals surface area contributed by atoms with E-state index in [9.17, 15) is 5.11 Å². The second-order valence-electron chi connectivity index (χ2n) is 5.87. The highest BCUT2D eigenvalue weighted by Crippen LogP contribution is 2.33. The zero-order chi connectivity index (χ0) is 13.2. The van der Waals surface area contributed by atoms with Crippen LogP contribution < -0.4 is 0 Å². The zero-order valence-corrected chi connectivity index (χ0v) is 12.2. The summed E-state index contributed by atoms with van der Waals surface area (Å²) in [7, 11) is 0. The molecule has 1 aromatic rings. The minimum Gasteiger partial charge on any atom is -0.508 e. The standard InChI is InChI=1S/C15H23ClO/c1-10-8-14(17)13(15(3,4)5)9-12(10)7-6-11(2)16/h8-9,11,17H,6-7H2,1-5H3. The Kier molecular flexibility index (Phi) is 4.48. The third kappa shape index (κ3) is 3.92. The Hall–Kier alpha value is -0.690. The molecule has 1 unspecified atom stereocenters. The number of benzene rings is 1. The monoisotopic (exact) mass is 254 g/mol. The van der Waals surface area contributed by atoms with Crippen molar-refractivity contribution in [3.63, 3.8) is 0 Å². The van der Waals surface area contributed by atoms with Gasteiger partial charge in [-0.2, -0.15) is 0 Å². The molecule has 1 atom stereocenters. The molecule has 1 aromatic carbocycles. The molecule has 0 saturated heterocycles. The molecule has 0 radical (unpaired) electrons. The molecule has 0 amide bonds. The Morgan fingerprint density at radius 1 is 1.29 bits per heavy atom. The van der Waals surface area contributed by atoms with E-state index in [1.807, 2.05) is 19.9 Å². The normalized spacial score (nSPS) is 13.8. The van der Waals surface area contributed by atoms with Gasteiger partial charge in [-0.05, 0) is 54.9 Å². The lowest BCUT2D eigenvalue weighted by Crippen LogP contribution is -2.12. The van der Waals surface area contributed by atoms with Crippen LogP contribution in [0.25, 0.3) is 0 Å². The van der Waals surface area contributed by atoms with E-state index in [1.165, 1.54) is 5.56 Å². The van der Waals surface area contributed by atoms with Crippen molar-refractivity contribution in [1.82, 2.24) is 0 Å². The fourth-order valence-electron chi connectivity index (χ4n) is 1.96. The molecule has 0 aliphatic heterocycles. The highest BCUT2D eigenvalue weighted by Gasteiger charge is 2.19. The summed E-state index contributed by atoms with van der Waals surface area (Å²) in [6, 6.07) is 4.00. The third-order valence-electron chi connectivity index (χ3n) is 3.07. The Morgan fingerprint density at radius 3 is 2.35 bits per heavy atom. The lowest BCUT2D eigenvalue weighted by molar-refractivity contribution is 0.445. The lowest BCUT2D eigenvalue weighted by atomic mass is 9.84. The van der Waals surface area contributed by atoms with Gasteiger partial charge < -0.3 is 5.11 Å². The van der Waals surface area contributed by atoms with Gasteiger partial charge in [-0.15, -0.1) is 11.6 Å². The van der Waals surface area contributed by atoms with Crippen molar-refractivity contribution in [2.24, 2.45) is 0 Å². The minimum absolute atomic E-state index is 0.0287. The van der Waals surface area contributed by atoms with Gasteiger partial charge in [-0.3, -0.25) is 0 Å². The van der Waals surface area contributed by atoms with E-state index < -0.39 is 0 Å². The van der Waals surface area contributed by atoms with Crippen molar-refractivity contribution >= 4 is 11.6 Å². The van der Waals surface area contributed by atoms with Gasteiger partial charge in [-0.1, -0.05) is 26.8 Å². The summed E-state index contributed by atoms with van der Waals surface area (Å²) in [5.41, 5.74) is 3.42. The number of halogens is 1. The summed E-state index contributed by atoms with van der Waals surface area (Å²) in [4.78, 5) is 0. The van der Waals surface area contributed by atoms with E-state index in [0.717, 1.165) is 24.0 Å². The van der Waals surface area contributed by atoms with Gasteiger partial charge in [0.25, 0.3) is 0 Å². The molecule has 0 saturated carbocycles. The predicted molar refractivity (Wildman–Crippen MR) is 75.2 cm³/mol. The van der Waals surface area contributed by atoms with Crippen LogP contribution in [0.1, 0.15) is 50.8 Å². The zero-order valence-electron chi connectivity index (χ0n) is 11.5. The van der Waals surface area contributed by atoms with Crippen molar-refractivity contribution in [3.8, 4) is 5.75 Å². The Labute approximate surface area is 110 Å². The van der Waals surface area contributed by atoms with Crippen LogP contribution in [0, 0.1) is 6.92 Å². The van der Waals surface area contributed by atoms with Crippen LogP contribution in [0.2, 0.25) is 0 Å². The van der Waals surface area contributed by atoms with E-state index in [-0.39, 0.29) is 10.8 Å². The van der Waals surface area contributed by atoms with Gasteiger partial charge in [0.2, 0.25) is 0 Å². The van der Waals surface area contributed by atoms with Gasteiger partial charge in [0.15, 0.2) is 0 Å². The van der Waals surface area contributed by atoms with Crippen LogP contribution in [0.3, 0.4) is 0 Å². The van der Waals surface area contributed by atoms with E-state index in [4.69, 9.17) is 11.6 Å². The summed E-state index contributed by atoms with van der Waals surface area (Å²) >= 11 is 5.99. The highest BCUT2D eigenvalue weighted by molar-refractivity contribution is 6.20. The Balaban J connectivity index is 3.06. The van der Waals surface area contributed by atoms with Crippen molar-refractivity contribution in [2.75, 3.05) is 0 Å². The molecule has 0 aliphatic rings. The van der Waals surface area contributed by atoms with Crippen molar-refractivity contribution in [2.45, 2.75) is 58.3 Å². The molecule has 0 fully saturated rings. The van der Waals surface area contributed by atoms with Crippen LogP contribution in [-0.2, 0) is 11.8 Å². The Morgan fingerprint density at radius 2 is 1.88 bits per heavy atom. The lowest BCUT2D eigenvalue weighted by Gasteiger charge is -2.22. The molecule has 0 heterocycles. The maximum Gasteiger partial charge on any atom is 0.119 e. The summed E-state index contributed by atoms with van der Waals surface area (Å²) < 4.78 is 0. The van der Waals surface area contributed by atoms with Gasteiger partial charge in [-0.25, -0.2) is 0 Å². The summed E-state index contributed by atoms with van der Waals surface area (Å²) in [5.74, 6) is 0.401. The van der Waals surface area contributed by atoms with Crippen molar-refractivity contribution in [1.29, 1.82) is 0 Å². The van der Waals surface area contributed by atoms with E-state index >= 15 is 0 Å². The van der Waals surface area contributed by atoms with Gasteiger partial charge in [0, 0.05) is 5.38 Å². The number of rotatable bonds is 3. The second-order valence-corrected chi connectivity index (χ2v) is 6.61. The molecule has 0 bridgehead atoms. The molecule has 96 valence electrons. The highest BCUT2D eigenvalue weighted by atomic mass is 35.5. The first-order chi connectivity index (χ1) is 7.71. The molecule has 0 spiro atoms. The number of hydrogen-bond acceptors (Lipinski definition) is 1. The number of phenolic OH excluding ortho intramolecular Hbond substituents is 1. The molecule has 17 heavy (non-hydrogen) atoms. The molecular weight excluding hydrogens is 232 g/mol. The Bertz CT molecular complexity index is 389. The SMILES string of the molecule is Cc1cc(O)c(C(C)(C)C)cc1CCC(C)Cl. The molecular formula is C15H23ClO. The molecule has 0 aliphatic carbocycles. The second kappa shape index (κ2) is 5.30. The minimum atomic E-state index is -0.0287. The summed E-state index contributed by atoms with van der Waals surface area (Å²) in [6.07, 6.45) is 1.94. The van der Waals surface area contributed by atoms with Crippen LogP contribution in [-0.4, -0.2) is 10.5 Å². The topological polar surface area (TPSA) is 20.2 Å². The molecule has 1 N–H and O–H groups in total. The predicted octanol–water partition coefficient (Wildman–Crippen LogP) is 4.56. The van der Waals surface area contributed by atoms with Crippen LogP contribution in [0.4, 0.5) is 0 Å². The number of phenols is 1. The molecule has 2 heteroatoms. The number of aromatic hydroxyl groups is 1. The first-order valence-electron chi connectivity index (χ1n) is 6.19. The van der Waals surface area contributed by atoms with Crippen molar-refractivity contribution in [3.05, 3.63) is 28.8 Å². The quantitative estimate of drug-likeness (QED) is 0.784. The first-order valence-corrected chi connectivity index (χ1v) is 6.62. The number of hydrogen-bond donors (Lipinski definition) is 1. The molecule has 1 rings (SSSR count). The summed E-state index contributed by atoms with van der Waals surface area (Å²) in [5, 5.41) is 10.2. The van der Waals surface area contributed by atoms with Gasteiger partial charge >= 0.3 is 0 Å². The van der Waals surface area contributed by atoms with Gasteiger partial charge in [0.1, 0.15) is 5.75 Å². The van der Waals surface area contributed by atoms with E-state index in [0.29, 0.717) is 5.75 Å². The van der Waals surface area contributed by atoms with Crippen molar-refractivity contribution < 1.29 is 5.11 Å². The van der Waals surface area contributed by atoms with Gasteiger partial charge in [0.05, 0.1) is 0 Å². The average molecular weight is 255 g/mol. The first kappa shape index (κ1) is 14.4. The van der Waals surface area contributed by atoms with E-state index in [1.54, 1.807) is 0 Å². The fraction of sp³-hybridized carbons (Fsp3) is 0.600. The molecule has 0 aromatic heterocycles. The maximum absolute atomic E-state index is 10.0. The van der Waals surface area contributed by atoms with Crippen LogP contribution in [0.15, 0.2) is 12.1 Å². The third-order valence-corrected chi connectivity index (χ3v) is 3.29. The average Bonchev–Trinajstić information content (AvgIpc) is 2.13. The number of alkyl halides is 1. The fourth-order valence-corrected chi connectivity index (χ4v) is 2.07. The van der Waals surface area contributed by atoms with Crippen LogP contribution >= 0.6 is 11.6 Å². The number of aryl methyl sites for hydroxylation is 2. The van der Waals surface area contributed by atoms with Crippen LogP contribution in [0.5, 0.6) is 5.75 Å². The van der Waals surface area contributed by atoms with E-state index in [2.05, 4.69) is 26.8 Å². The molecule has 1 nitrogen and oxygen atoms in total.